The lowest BCUT2D eigenvalue weighted by Crippen LogP contribution is -2.31. The van der Waals surface area contributed by atoms with E-state index in [1.54, 1.807) is 11.0 Å². The number of nitrogens with zero attached hydrogens (tertiary/aromatic N) is 3. The quantitative estimate of drug-likeness (QED) is 0.812. The lowest BCUT2D eigenvalue weighted by atomic mass is 10.3. The molecule has 102 valence electrons. The standard InChI is InChI=1S/C13H17ClN4O/c1-3-18(4-2)13(19)5-6-16-12-8-10(9-15)7-11(14)17-12/h7-8H,3-6H2,1-2H3,(H,16,17). The fraction of sp³-hybridized carbons (Fsp3) is 0.462. The summed E-state index contributed by atoms with van der Waals surface area (Å²) in [5.41, 5.74) is 0.442. The largest absolute Gasteiger partial charge is 0.369 e. The second-order valence-electron chi connectivity index (χ2n) is 3.92. The van der Waals surface area contributed by atoms with Crippen molar-refractivity contribution >= 4 is 23.3 Å². The molecule has 0 saturated carbocycles. The molecule has 0 spiro atoms. The Balaban J connectivity index is 2.52. The smallest absolute Gasteiger partial charge is 0.224 e. The van der Waals surface area contributed by atoms with Crippen molar-refractivity contribution in [1.29, 1.82) is 5.26 Å². The molecular weight excluding hydrogens is 264 g/mol. The highest BCUT2D eigenvalue weighted by atomic mass is 35.5. The van der Waals surface area contributed by atoms with E-state index < -0.39 is 0 Å². The summed E-state index contributed by atoms with van der Waals surface area (Å²) in [5, 5.41) is 12.1. The van der Waals surface area contributed by atoms with Gasteiger partial charge in [0.05, 0.1) is 11.6 Å². The number of amides is 1. The number of aromatic nitrogens is 1. The molecule has 1 heterocycles. The van der Waals surface area contributed by atoms with Crippen LogP contribution in [-0.2, 0) is 4.79 Å². The van der Waals surface area contributed by atoms with E-state index in [0.717, 1.165) is 0 Å². The number of pyridine rings is 1. The molecule has 1 N–H and O–H groups in total. The van der Waals surface area contributed by atoms with E-state index in [9.17, 15) is 4.79 Å². The predicted octanol–water partition coefficient (Wildman–Crippen LogP) is 2.28. The summed E-state index contributed by atoms with van der Waals surface area (Å²) >= 11 is 5.79. The average Bonchev–Trinajstić information content (AvgIpc) is 2.39. The van der Waals surface area contributed by atoms with Crippen LogP contribution < -0.4 is 5.32 Å². The molecule has 0 radical (unpaired) electrons. The highest BCUT2D eigenvalue weighted by Gasteiger charge is 2.09. The Kier molecular flexibility index (Phi) is 6.10. The van der Waals surface area contributed by atoms with Gasteiger partial charge in [-0.2, -0.15) is 5.26 Å². The van der Waals surface area contributed by atoms with Gasteiger partial charge >= 0.3 is 0 Å². The monoisotopic (exact) mass is 280 g/mol. The summed E-state index contributed by atoms with van der Waals surface area (Å²) in [5.74, 6) is 0.608. The summed E-state index contributed by atoms with van der Waals surface area (Å²) in [7, 11) is 0. The van der Waals surface area contributed by atoms with Gasteiger partial charge in [0.25, 0.3) is 0 Å². The second kappa shape index (κ2) is 7.59. The van der Waals surface area contributed by atoms with Gasteiger partial charge in [0.1, 0.15) is 11.0 Å². The highest BCUT2D eigenvalue weighted by molar-refractivity contribution is 6.29. The van der Waals surface area contributed by atoms with Crippen LogP contribution in [-0.4, -0.2) is 35.4 Å². The van der Waals surface area contributed by atoms with Crippen molar-refractivity contribution in [3.05, 3.63) is 22.8 Å². The van der Waals surface area contributed by atoms with Gasteiger partial charge < -0.3 is 10.2 Å². The van der Waals surface area contributed by atoms with Crippen LogP contribution in [0.5, 0.6) is 0 Å². The molecule has 0 aromatic carbocycles. The first kappa shape index (κ1) is 15.3. The normalized spacial score (nSPS) is 9.79. The summed E-state index contributed by atoms with van der Waals surface area (Å²) in [6.07, 6.45) is 0.387. The number of nitrogens with one attached hydrogen (secondary N) is 1. The number of hydrogen-bond acceptors (Lipinski definition) is 4. The Bertz CT molecular complexity index is 480. The van der Waals surface area contributed by atoms with Crippen molar-refractivity contribution in [3.8, 4) is 6.07 Å². The topological polar surface area (TPSA) is 69.0 Å². The molecule has 0 bridgehead atoms. The first-order chi connectivity index (χ1) is 9.10. The Morgan fingerprint density at radius 2 is 2.16 bits per heavy atom. The summed E-state index contributed by atoms with van der Waals surface area (Å²) in [4.78, 5) is 17.6. The molecule has 1 aromatic heterocycles. The number of nitriles is 1. The minimum atomic E-state index is 0.0973. The van der Waals surface area contributed by atoms with Crippen molar-refractivity contribution in [3.63, 3.8) is 0 Å². The van der Waals surface area contributed by atoms with Gasteiger partial charge in [0, 0.05) is 26.1 Å². The minimum Gasteiger partial charge on any atom is -0.369 e. The van der Waals surface area contributed by atoms with E-state index in [1.807, 2.05) is 19.9 Å². The molecule has 6 heteroatoms. The first-order valence-corrected chi connectivity index (χ1v) is 6.57. The molecule has 0 saturated heterocycles. The summed E-state index contributed by atoms with van der Waals surface area (Å²) in [6.45, 7) is 5.79. The number of anilines is 1. The van der Waals surface area contributed by atoms with Gasteiger partial charge in [-0.1, -0.05) is 11.6 Å². The molecule has 0 fully saturated rings. The van der Waals surface area contributed by atoms with Crippen molar-refractivity contribution in [2.45, 2.75) is 20.3 Å². The van der Waals surface area contributed by atoms with E-state index >= 15 is 0 Å². The maximum absolute atomic E-state index is 11.8. The third-order valence-corrected chi connectivity index (χ3v) is 2.88. The molecule has 0 aliphatic heterocycles. The van der Waals surface area contributed by atoms with Gasteiger partial charge in [-0.3, -0.25) is 4.79 Å². The van der Waals surface area contributed by atoms with Gasteiger partial charge in [-0.25, -0.2) is 4.98 Å². The van der Waals surface area contributed by atoms with Crippen molar-refractivity contribution < 1.29 is 4.79 Å². The van der Waals surface area contributed by atoms with Crippen LogP contribution in [0.3, 0.4) is 0 Å². The Labute approximate surface area is 118 Å². The zero-order valence-electron chi connectivity index (χ0n) is 11.1. The SMILES string of the molecule is CCN(CC)C(=O)CCNc1cc(C#N)cc(Cl)n1. The van der Waals surface area contributed by atoms with E-state index in [4.69, 9.17) is 16.9 Å². The molecule has 0 aliphatic rings. The molecule has 1 amide bonds. The number of carbonyl (C=O) groups is 1. The Hall–Kier alpha value is -1.80. The Morgan fingerprint density at radius 1 is 1.47 bits per heavy atom. The van der Waals surface area contributed by atoms with Crippen LogP contribution >= 0.6 is 11.6 Å². The average molecular weight is 281 g/mol. The van der Waals surface area contributed by atoms with Gasteiger partial charge in [-0.15, -0.1) is 0 Å². The minimum absolute atomic E-state index is 0.0973. The second-order valence-corrected chi connectivity index (χ2v) is 4.31. The van der Waals surface area contributed by atoms with Gasteiger partial charge in [-0.05, 0) is 26.0 Å². The highest BCUT2D eigenvalue weighted by Crippen LogP contribution is 2.13. The third kappa shape index (κ3) is 4.76. The molecule has 0 atom stereocenters. The molecule has 19 heavy (non-hydrogen) atoms. The third-order valence-electron chi connectivity index (χ3n) is 2.68. The van der Waals surface area contributed by atoms with Crippen LogP contribution in [0.25, 0.3) is 0 Å². The predicted molar refractivity (Wildman–Crippen MR) is 75.0 cm³/mol. The van der Waals surface area contributed by atoms with Crippen LogP contribution in [0.15, 0.2) is 12.1 Å². The van der Waals surface area contributed by atoms with E-state index in [-0.39, 0.29) is 11.1 Å². The Morgan fingerprint density at radius 3 is 2.74 bits per heavy atom. The van der Waals surface area contributed by atoms with Crippen molar-refractivity contribution in [2.75, 3.05) is 25.0 Å². The van der Waals surface area contributed by atoms with Gasteiger partial charge in [0.15, 0.2) is 0 Å². The molecule has 0 unspecified atom stereocenters. The van der Waals surface area contributed by atoms with E-state index in [0.29, 0.717) is 37.4 Å². The lowest BCUT2D eigenvalue weighted by Gasteiger charge is -2.18. The number of hydrogen-bond donors (Lipinski definition) is 1. The van der Waals surface area contributed by atoms with E-state index in [1.165, 1.54) is 6.07 Å². The zero-order chi connectivity index (χ0) is 14.3. The number of rotatable bonds is 6. The van der Waals surface area contributed by atoms with E-state index in [2.05, 4.69) is 10.3 Å². The fourth-order valence-corrected chi connectivity index (χ4v) is 1.89. The zero-order valence-corrected chi connectivity index (χ0v) is 11.9. The summed E-state index contributed by atoms with van der Waals surface area (Å²) in [6, 6.07) is 5.10. The molecular formula is C13H17ClN4O. The first-order valence-electron chi connectivity index (χ1n) is 6.20. The molecule has 1 aromatic rings. The number of carbonyl (C=O) groups excluding carboxylic acids is 1. The molecule has 5 nitrogen and oxygen atoms in total. The van der Waals surface area contributed by atoms with Crippen LogP contribution in [0.4, 0.5) is 5.82 Å². The fourth-order valence-electron chi connectivity index (χ4n) is 1.68. The van der Waals surface area contributed by atoms with Crippen LogP contribution in [0.1, 0.15) is 25.8 Å². The van der Waals surface area contributed by atoms with Crippen molar-refractivity contribution in [2.24, 2.45) is 0 Å². The lowest BCUT2D eigenvalue weighted by molar-refractivity contribution is -0.130. The van der Waals surface area contributed by atoms with Gasteiger partial charge in [0.2, 0.25) is 5.91 Å². The number of halogens is 1. The summed E-state index contributed by atoms with van der Waals surface area (Å²) < 4.78 is 0. The van der Waals surface area contributed by atoms with Crippen LogP contribution in [0, 0.1) is 11.3 Å². The van der Waals surface area contributed by atoms with Crippen molar-refractivity contribution in [1.82, 2.24) is 9.88 Å². The molecule has 1 rings (SSSR count). The maximum atomic E-state index is 11.8. The molecule has 0 aliphatic carbocycles. The van der Waals surface area contributed by atoms with Crippen LogP contribution in [0.2, 0.25) is 5.15 Å². The maximum Gasteiger partial charge on any atom is 0.224 e.